The number of amides is 1. The Bertz CT molecular complexity index is 437. The summed E-state index contributed by atoms with van der Waals surface area (Å²) in [5.41, 5.74) is 0. The van der Waals surface area contributed by atoms with Crippen LogP contribution in [-0.4, -0.2) is 52.2 Å². The molecule has 6 heteroatoms. The summed E-state index contributed by atoms with van der Waals surface area (Å²) >= 11 is 0. The van der Waals surface area contributed by atoms with E-state index in [4.69, 9.17) is 0 Å². The molecule has 6 nitrogen and oxygen atoms in total. The van der Waals surface area contributed by atoms with Crippen LogP contribution in [0.15, 0.2) is 0 Å². The first kappa shape index (κ1) is 15.0. The summed E-state index contributed by atoms with van der Waals surface area (Å²) in [4.78, 5) is 18.6. The zero-order valence-electron chi connectivity index (χ0n) is 12.6. The lowest BCUT2D eigenvalue weighted by Gasteiger charge is -2.28. The van der Waals surface area contributed by atoms with Gasteiger partial charge >= 0.3 is 0 Å². The van der Waals surface area contributed by atoms with Gasteiger partial charge in [0.1, 0.15) is 5.82 Å². The van der Waals surface area contributed by atoms with Crippen LogP contribution in [0.25, 0.3) is 0 Å². The van der Waals surface area contributed by atoms with E-state index in [1.807, 2.05) is 25.7 Å². The van der Waals surface area contributed by atoms with Gasteiger partial charge < -0.3 is 10.2 Å². The van der Waals surface area contributed by atoms with Crippen LogP contribution in [0.3, 0.4) is 0 Å². The molecule has 2 rings (SSSR count). The van der Waals surface area contributed by atoms with Crippen molar-refractivity contribution in [3.8, 4) is 0 Å². The maximum absolute atomic E-state index is 12.4. The fourth-order valence-corrected chi connectivity index (χ4v) is 2.52. The monoisotopic (exact) mass is 279 g/mol. The van der Waals surface area contributed by atoms with Gasteiger partial charge in [-0.15, -0.1) is 5.10 Å². The number of piperidine rings is 1. The van der Waals surface area contributed by atoms with Crippen molar-refractivity contribution in [3.05, 3.63) is 11.6 Å². The molecule has 1 aliphatic rings. The lowest BCUT2D eigenvalue weighted by molar-refractivity contribution is 0.0717. The van der Waals surface area contributed by atoms with Crippen LogP contribution in [0, 0.1) is 5.92 Å². The second kappa shape index (κ2) is 6.83. The molecule has 1 atom stereocenters. The number of hydrogen-bond acceptors (Lipinski definition) is 4. The Labute approximate surface area is 120 Å². The molecule has 0 bridgehead atoms. The predicted octanol–water partition coefficient (Wildman–Crippen LogP) is 1.39. The van der Waals surface area contributed by atoms with Gasteiger partial charge in [0.2, 0.25) is 5.82 Å². The normalized spacial score (nSPS) is 19.3. The molecule has 0 aromatic carbocycles. The van der Waals surface area contributed by atoms with Crippen molar-refractivity contribution >= 4 is 5.91 Å². The highest BCUT2D eigenvalue weighted by molar-refractivity contribution is 5.90. The molecule has 1 aromatic rings. The number of aromatic nitrogens is 3. The minimum Gasteiger partial charge on any atom is -0.336 e. The van der Waals surface area contributed by atoms with Crippen molar-refractivity contribution < 1.29 is 4.79 Å². The number of nitrogens with one attached hydrogen (secondary N) is 2. The predicted molar refractivity (Wildman–Crippen MR) is 77.6 cm³/mol. The Morgan fingerprint density at radius 2 is 2.30 bits per heavy atom. The molecule has 1 aliphatic heterocycles. The van der Waals surface area contributed by atoms with Gasteiger partial charge in [-0.25, -0.2) is 4.98 Å². The minimum absolute atomic E-state index is 0.0683. The highest BCUT2D eigenvalue weighted by atomic mass is 16.2. The smallest absolute Gasteiger partial charge is 0.293 e. The van der Waals surface area contributed by atoms with Gasteiger partial charge in [-0.1, -0.05) is 13.8 Å². The molecule has 0 aliphatic carbocycles. The molecule has 0 saturated carbocycles. The lowest BCUT2D eigenvalue weighted by Crippen LogP contribution is -2.41. The average Bonchev–Trinajstić information content (AvgIpc) is 2.95. The number of carbonyl (C=O) groups is 1. The van der Waals surface area contributed by atoms with Crippen LogP contribution in [-0.2, 0) is 0 Å². The minimum atomic E-state index is -0.0683. The number of aromatic amines is 1. The summed E-state index contributed by atoms with van der Waals surface area (Å²) < 4.78 is 0. The zero-order valence-corrected chi connectivity index (χ0v) is 12.6. The van der Waals surface area contributed by atoms with E-state index in [9.17, 15) is 4.79 Å². The molecule has 112 valence electrons. The van der Waals surface area contributed by atoms with E-state index < -0.39 is 0 Å². The standard InChI is InChI=1S/C14H25N5O/c1-4-19(9-11-6-5-7-15-8-11)14(20)13-16-12(10(2)3)17-18-13/h10-11,15H,4-9H2,1-3H3,(H,16,17,18). The zero-order chi connectivity index (χ0) is 14.5. The first-order chi connectivity index (χ1) is 9.61. The quantitative estimate of drug-likeness (QED) is 0.854. The highest BCUT2D eigenvalue weighted by Crippen LogP contribution is 2.14. The molecule has 0 radical (unpaired) electrons. The Balaban J connectivity index is 1.99. The van der Waals surface area contributed by atoms with Gasteiger partial charge in [0.05, 0.1) is 0 Å². The average molecular weight is 279 g/mol. The van der Waals surface area contributed by atoms with Gasteiger partial charge in [0, 0.05) is 19.0 Å². The van der Waals surface area contributed by atoms with Crippen LogP contribution in [0.5, 0.6) is 0 Å². The number of H-pyrrole nitrogens is 1. The SMILES string of the molecule is CCN(CC1CCCNC1)C(=O)c1n[nH]c(C(C)C)n1. The first-order valence-electron chi connectivity index (χ1n) is 7.54. The van der Waals surface area contributed by atoms with Gasteiger partial charge in [0.25, 0.3) is 5.91 Å². The van der Waals surface area contributed by atoms with E-state index in [0.29, 0.717) is 18.3 Å². The highest BCUT2D eigenvalue weighted by Gasteiger charge is 2.23. The largest absolute Gasteiger partial charge is 0.336 e. The second-order valence-electron chi connectivity index (χ2n) is 5.76. The maximum Gasteiger partial charge on any atom is 0.293 e. The molecule has 1 fully saturated rings. The van der Waals surface area contributed by atoms with Crippen molar-refractivity contribution in [2.75, 3.05) is 26.2 Å². The maximum atomic E-state index is 12.4. The third-order valence-electron chi connectivity index (χ3n) is 3.79. The third-order valence-corrected chi connectivity index (χ3v) is 3.79. The molecule has 0 spiro atoms. The number of carbonyl (C=O) groups excluding carboxylic acids is 1. The summed E-state index contributed by atoms with van der Waals surface area (Å²) in [5.74, 6) is 1.78. The van der Waals surface area contributed by atoms with Crippen LogP contribution in [0.2, 0.25) is 0 Å². The number of nitrogens with zero attached hydrogens (tertiary/aromatic N) is 3. The van der Waals surface area contributed by atoms with Gasteiger partial charge in [-0.05, 0) is 38.8 Å². The topological polar surface area (TPSA) is 73.9 Å². The lowest BCUT2D eigenvalue weighted by atomic mass is 9.99. The van der Waals surface area contributed by atoms with E-state index in [0.717, 1.165) is 25.5 Å². The van der Waals surface area contributed by atoms with Crippen molar-refractivity contribution in [3.63, 3.8) is 0 Å². The van der Waals surface area contributed by atoms with Crippen molar-refractivity contribution in [1.29, 1.82) is 0 Å². The van der Waals surface area contributed by atoms with Crippen LogP contribution in [0.1, 0.15) is 56.0 Å². The summed E-state index contributed by atoms with van der Waals surface area (Å²) in [7, 11) is 0. The van der Waals surface area contributed by atoms with Crippen LogP contribution < -0.4 is 5.32 Å². The third kappa shape index (κ3) is 3.56. The Hall–Kier alpha value is -1.43. The summed E-state index contributed by atoms with van der Waals surface area (Å²) in [6.07, 6.45) is 2.37. The van der Waals surface area contributed by atoms with Crippen LogP contribution >= 0.6 is 0 Å². The molecule has 2 heterocycles. The van der Waals surface area contributed by atoms with Gasteiger partial charge in [-0.3, -0.25) is 9.89 Å². The van der Waals surface area contributed by atoms with Crippen molar-refractivity contribution in [2.24, 2.45) is 5.92 Å². The van der Waals surface area contributed by atoms with E-state index in [1.165, 1.54) is 12.8 Å². The fraction of sp³-hybridized carbons (Fsp3) is 0.786. The van der Waals surface area contributed by atoms with E-state index in [1.54, 1.807) is 0 Å². The van der Waals surface area contributed by atoms with E-state index in [2.05, 4.69) is 20.5 Å². The Kier molecular flexibility index (Phi) is 5.11. The molecule has 1 saturated heterocycles. The van der Waals surface area contributed by atoms with Gasteiger partial charge in [-0.2, -0.15) is 0 Å². The first-order valence-corrected chi connectivity index (χ1v) is 7.54. The second-order valence-corrected chi connectivity index (χ2v) is 5.76. The molecular weight excluding hydrogens is 254 g/mol. The molecule has 20 heavy (non-hydrogen) atoms. The van der Waals surface area contributed by atoms with E-state index >= 15 is 0 Å². The van der Waals surface area contributed by atoms with Crippen molar-refractivity contribution in [1.82, 2.24) is 25.4 Å². The van der Waals surface area contributed by atoms with Crippen LogP contribution in [0.4, 0.5) is 0 Å². The molecule has 2 N–H and O–H groups in total. The fourth-order valence-electron chi connectivity index (χ4n) is 2.52. The van der Waals surface area contributed by atoms with Gasteiger partial charge in [0.15, 0.2) is 0 Å². The summed E-state index contributed by atoms with van der Waals surface area (Å²) in [6, 6.07) is 0. The molecule has 1 amide bonds. The number of hydrogen-bond donors (Lipinski definition) is 2. The summed E-state index contributed by atoms with van der Waals surface area (Å²) in [5, 5.41) is 10.3. The Morgan fingerprint density at radius 3 is 2.85 bits per heavy atom. The molecule has 1 unspecified atom stereocenters. The van der Waals surface area contributed by atoms with E-state index in [-0.39, 0.29) is 11.8 Å². The number of rotatable bonds is 5. The van der Waals surface area contributed by atoms with Crippen molar-refractivity contribution in [2.45, 2.75) is 39.5 Å². The summed E-state index contributed by atoms with van der Waals surface area (Å²) in [6.45, 7) is 9.63. The molecule has 1 aromatic heterocycles. The Morgan fingerprint density at radius 1 is 1.50 bits per heavy atom. The molecular formula is C14H25N5O.